The Morgan fingerprint density at radius 1 is 1.14 bits per heavy atom. The third-order valence-electron chi connectivity index (χ3n) is 8.29. The molecular weight excluding hydrogens is 522 g/mol. The number of hydrogen-bond donors (Lipinski definition) is 1. The normalized spacial score (nSPS) is 24.5. The number of rotatable bonds is 7. The fourth-order valence-corrected chi connectivity index (χ4v) is 6.59. The van der Waals surface area contributed by atoms with E-state index in [4.69, 9.17) is 4.99 Å². The summed E-state index contributed by atoms with van der Waals surface area (Å²) in [6.07, 6.45) is 13.6. The predicted octanol–water partition coefficient (Wildman–Crippen LogP) is 6.16. The molecule has 190 valence electrons. The number of hydrogen-bond acceptors (Lipinski definition) is 5. The number of aromatic nitrogens is 1. The highest BCUT2D eigenvalue weighted by Gasteiger charge is 2.49. The minimum absolute atomic E-state index is 0.122. The van der Waals surface area contributed by atoms with Gasteiger partial charge in [-0.05, 0) is 71.3 Å². The van der Waals surface area contributed by atoms with Crippen molar-refractivity contribution in [3.05, 3.63) is 100 Å². The predicted molar refractivity (Wildman–Crippen MR) is 155 cm³/mol. The van der Waals surface area contributed by atoms with Crippen LogP contribution in [-0.2, 0) is 12.0 Å². The summed E-state index contributed by atoms with van der Waals surface area (Å²) in [5.41, 5.74) is 7.56. The average molecular weight is 557 g/mol. The van der Waals surface area contributed by atoms with Gasteiger partial charge in [0, 0.05) is 79.1 Å². The van der Waals surface area contributed by atoms with Gasteiger partial charge in [0.05, 0.1) is 10.2 Å². The van der Waals surface area contributed by atoms with E-state index in [0.29, 0.717) is 5.92 Å². The molecule has 1 saturated heterocycles. The van der Waals surface area contributed by atoms with E-state index in [-0.39, 0.29) is 11.3 Å². The average Bonchev–Trinajstić information content (AvgIpc) is 3.77. The number of pyridine rings is 1. The first-order valence-electron chi connectivity index (χ1n) is 13.4. The molecule has 0 spiro atoms. The summed E-state index contributed by atoms with van der Waals surface area (Å²) in [5.74, 6) is 0.657. The topological polar surface area (TPSA) is 52.9 Å². The molecule has 3 aliphatic heterocycles. The fraction of sp³-hybridized carbons (Fsp3) is 0.387. The van der Waals surface area contributed by atoms with Crippen LogP contribution in [-0.4, -0.2) is 41.4 Å². The smallest absolute Gasteiger partial charge is 0.0617 e. The first kappa shape index (κ1) is 24.4. The van der Waals surface area contributed by atoms with Crippen molar-refractivity contribution in [1.29, 1.82) is 0 Å². The highest BCUT2D eigenvalue weighted by Crippen LogP contribution is 2.54. The number of nitrogens with zero attached hydrogens (tertiary/aromatic N) is 4. The Balaban J connectivity index is 1.25. The van der Waals surface area contributed by atoms with Crippen LogP contribution in [0.5, 0.6) is 0 Å². The van der Waals surface area contributed by atoms with Crippen LogP contribution in [0.2, 0.25) is 0 Å². The van der Waals surface area contributed by atoms with Gasteiger partial charge in [0.2, 0.25) is 0 Å². The van der Waals surface area contributed by atoms with Crippen molar-refractivity contribution in [2.75, 3.05) is 19.6 Å². The molecule has 6 heteroatoms. The molecule has 1 N–H and O–H groups in total. The first-order valence-corrected chi connectivity index (χ1v) is 14.2. The van der Waals surface area contributed by atoms with Gasteiger partial charge in [0.25, 0.3) is 0 Å². The zero-order chi connectivity index (χ0) is 25.2. The van der Waals surface area contributed by atoms with E-state index in [9.17, 15) is 0 Å². The SMILES string of the molecule is C=C(N1CCCC(C2=NC3=C(Br)C=NCC3CC(NCc3cccnc3)=C2)C1)C1(c2ccccc2)CC1. The minimum atomic E-state index is 0.122. The molecule has 37 heavy (non-hydrogen) atoms. The van der Waals surface area contributed by atoms with Gasteiger partial charge in [-0.1, -0.05) is 43.0 Å². The number of piperidine rings is 1. The lowest BCUT2D eigenvalue weighted by Gasteiger charge is -2.39. The third-order valence-corrected chi connectivity index (χ3v) is 8.90. The lowest BCUT2D eigenvalue weighted by molar-refractivity contribution is 0.239. The molecule has 1 aromatic carbocycles. The van der Waals surface area contributed by atoms with Crippen LogP contribution in [0.3, 0.4) is 0 Å². The number of nitrogens with one attached hydrogen (secondary N) is 1. The molecular formula is C31H34BrN5. The van der Waals surface area contributed by atoms with Crippen molar-refractivity contribution in [2.24, 2.45) is 21.8 Å². The molecule has 0 bridgehead atoms. The van der Waals surface area contributed by atoms with Crippen LogP contribution < -0.4 is 5.32 Å². The van der Waals surface area contributed by atoms with Gasteiger partial charge in [-0.3, -0.25) is 15.0 Å². The van der Waals surface area contributed by atoms with Crippen molar-refractivity contribution >= 4 is 27.9 Å². The van der Waals surface area contributed by atoms with Gasteiger partial charge < -0.3 is 10.2 Å². The van der Waals surface area contributed by atoms with Gasteiger partial charge in [0.15, 0.2) is 0 Å². The Morgan fingerprint density at radius 2 is 2.00 bits per heavy atom. The minimum Gasteiger partial charge on any atom is -0.384 e. The number of likely N-dealkylation sites (tertiary alicyclic amines) is 1. The number of halogens is 1. The molecule has 1 aliphatic carbocycles. The monoisotopic (exact) mass is 555 g/mol. The standard InChI is InChI=1S/C31H34BrN5/c1-22(31(11-12-31)26-9-3-2-4-10-26)37-14-6-8-24(21-37)29-16-27(35-18-23-7-5-13-33-17-23)15-25-19-34-20-28(32)30(25)36-29/h2-5,7,9-10,13,16-17,20,24-25,35H,1,6,8,11-12,14-15,18-19,21H2. The molecule has 0 amide bonds. The number of benzene rings is 1. The van der Waals surface area contributed by atoms with E-state index in [1.807, 2.05) is 24.7 Å². The van der Waals surface area contributed by atoms with E-state index in [0.717, 1.165) is 55.6 Å². The maximum atomic E-state index is 5.31. The summed E-state index contributed by atoms with van der Waals surface area (Å²) in [6.45, 7) is 8.25. The Bertz CT molecular complexity index is 1270. The Kier molecular flexibility index (Phi) is 6.85. The highest BCUT2D eigenvalue weighted by atomic mass is 79.9. The summed E-state index contributed by atoms with van der Waals surface area (Å²) >= 11 is 3.75. The maximum Gasteiger partial charge on any atom is 0.0617 e. The summed E-state index contributed by atoms with van der Waals surface area (Å²) in [7, 11) is 0. The van der Waals surface area contributed by atoms with E-state index in [1.165, 1.54) is 41.1 Å². The molecule has 2 atom stereocenters. The van der Waals surface area contributed by atoms with Gasteiger partial charge in [-0.15, -0.1) is 0 Å². The van der Waals surface area contributed by atoms with Gasteiger partial charge in [-0.2, -0.15) is 0 Å². The van der Waals surface area contributed by atoms with Crippen LogP contribution in [0, 0.1) is 11.8 Å². The van der Waals surface area contributed by atoms with E-state index in [2.05, 4.69) is 85.2 Å². The Hall–Kier alpha value is -2.99. The highest BCUT2D eigenvalue weighted by molar-refractivity contribution is 9.12. The van der Waals surface area contributed by atoms with Gasteiger partial charge >= 0.3 is 0 Å². The zero-order valence-electron chi connectivity index (χ0n) is 21.2. The van der Waals surface area contributed by atoms with E-state index < -0.39 is 0 Å². The van der Waals surface area contributed by atoms with Crippen molar-refractivity contribution < 1.29 is 0 Å². The van der Waals surface area contributed by atoms with Crippen LogP contribution in [0.25, 0.3) is 0 Å². The molecule has 4 heterocycles. The van der Waals surface area contributed by atoms with Crippen molar-refractivity contribution in [3.8, 4) is 0 Å². The quantitative estimate of drug-likeness (QED) is 0.444. The number of allylic oxidation sites excluding steroid dienone is 4. The van der Waals surface area contributed by atoms with Crippen LogP contribution in [0.1, 0.15) is 43.2 Å². The number of dihydropyridines is 1. The molecule has 5 nitrogen and oxygen atoms in total. The van der Waals surface area contributed by atoms with Gasteiger partial charge in [-0.25, -0.2) is 0 Å². The largest absolute Gasteiger partial charge is 0.384 e. The fourth-order valence-electron chi connectivity index (χ4n) is 6.03. The molecule has 0 radical (unpaired) electrons. The molecule has 2 fully saturated rings. The summed E-state index contributed by atoms with van der Waals surface area (Å²) in [4.78, 5) is 16.7. The van der Waals surface area contributed by atoms with Crippen LogP contribution in [0.15, 0.2) is 99.1 Å². The van der Waals surface area contributed by atoms with E-state index >= 15 is 0 Å². The van der Waals surface area contributed by atoms with Crippen molar-refractivity contribution in [1.82, 2.24) is 15.2 Å². The third kappa shape index (κ3) is 5.08. The molecule has 6 rings (SSSR count). The zero-order valence-corrected chi connectivity index (χ0v) is 22.8. The number of fused-ring (bicyclic) bond motifs is 1. The second-order valence-electron chi connectivity index (χ2n) is 10.7. The van der Waals surface area contributed by atoms with Gasteiger partial charge in [0.1, 0.15) is 0 Å². The molecule has 2 unspecified atom stereocenters. The Labute approximate surface area is 228 Å². The lowest BCUT2D eigenvalue weighted by Crippen LogP contribution is -2.40. The summed E-state index contributed by atoms with van der Waals surface area (Å²) in [6, 6.07) is 15.1. The van der Waals surface area contributed by atoms with Crippen LogP contribution in [0.4, 0.5) is 0 Å². The van der Waals surface area contributed by atoms with E-state index in [1.54, 1.807) is 0 Å². The van der Waals surface area contributed by atoms with Crippen molar-refractivity contribution in [3.63, 3.8) is 0 Å². The Morgan fingerprint density at radius 3 is 2.78 bits per heavy atom. The second kappa shape index (κ2) is 10.4. The molecule has 1 aromatic heterocycles. The maximum absolute atomic E-state index is 5.31. The van der Waals surface area contributed by atoms with Crippen LogP contribution >= 0.6 is 15.9 Å². The molecule has 2 aromatic rings. The summed E-state index contributed by atoms with van der Waals surface area (Å²) in [5, 5.41) is 3.70. The van der Waals surface area contributed by atoms with Crippen molar-refractivity contribution in [2.45, 2.75) is 44.1 Å². The summed E-state index contributed by atoms with van der Waals surface area (Å²) < 4.78 is 1.02. The first-order chi connectivity index (χ1) is 18.1. The second-order valence-corrected chi connectivity index (χ2v) is 11.6. The molecule has 1 saturated carbocycles. The molecule has 4 aliphatic rings. The lowest BCUT2D eigenvalue weighted by atomic mass is 9.87. The number of aliphatic imine (C=N–C) groups is 2.